The van der Waals surface area contributed by atoms with Gasteiger partial charge in [-0.05, 0) is 38.9 Å². The lowest BCUT2D eigenvalue weighted by Crippen LogP contribution is -2.20. The van der Waals surface area contributed by atoms with Gasteiger partial charge in [0.05, 0.1) is 6.61 Å². The predicted molar refractivity (Wildman–Crippen MR) is 84.3 cm³/mol. The average molecular weight is 269 g/mol. The summed E-state index contributed by atoms with van der Waals surface area (Å²) in [6.45, 7) is 4.83. The van der Waals surface area contributed by atoms with Crippen LogP contribution in [-0.2, 0) is 6.42 Å². The molecule has 1 atom stereocenters. The summed E-state index contributed by atoms with van der Waals surface area (Å²) >= 11 is 0. The maximum Gasteiger partial charge on any atom is 0.124 e. The molecule has 0 amide bonds. The monoisotopic (exact) mass is 269 g/mol. The van der Waals surface area contributed by atoms with Crippen molar-refractivity contribution in [1.82, 2.24) is 5.32 Å². The van der Waals surface area contributed by atoms with Crippen molar-refractivity contribution in [2.75, 3.05) is 13.7 Å². The largest absolute Gasteiger partial charge is 0.494 e. The van der Waals surface area contributed by atoms with Crippen LogP contribution in [0.15, 0.2) is 48.5 Å². The highest BCUT2D eigenvalue weighted by Gasteiger charge is 2.15. The lowest BCUT2D eigenvalue weighted by atomic mass is 9.97. The van der Waals surface area contributed by atoms with Gasteiger partial charge in [0.25, 0.3) is 0 Å². The van der Waals surface area contributed by atoms with Crippen LogP contribution in [0.5, 0.6) is 5.75 Å². The van der Waals surface area contributed by atoms with Gasteiger partial charge >= 0.3 is 0 Å². The first-order valence-electron chi connectivity index (χ1n) is 7.19. The Morgan fingerprint density at radius 1 is 1.10 bits per heavy atom. The number of aryl methyl sites for hydroxylation is 1. The normalized spacial score (nSPS) is 12.2. The highest BCUT2D eigenvalue weighted by Crippen LogP contribution is 2.28. The first-order valence-corrected chi connectivity index (χ1v) is 7.19. The van der Waals surface area contributed by atoms with E-state index in [0.717, 1.165) is 12.2 Å². The Morgan fingerprint density at radius 2 is 1.85 bits per heavy atom. The molecule has 0 saturated heterocycles. The lowest BCUT2D eigenvalue weighted by Gasteiger charge is -2.21. The van der Waals surface area contributed by atoms with E-state index in [9.17, 15) is 0 Å². The van der Waals surface area contributed by atoms with Crippen LogP contribution in [0.25, 0.3) is 0 Å². The van der Waals surface area contributed by atoms with Crippen molar-refractivity contribution in [2.45, 2.75) is 26.3 Å². The summed E-state index contributed by atoms with van der Waals surface area (Å²) in [5.74, 6) is 0.980. The number of hydrogen-bond acceptors (Lipinski definition) is 2. The molecule has 2 heteroatoms. The fourth-order valence-corrected chi connectivity index (χ4v) is 2.44. The van der Waals surface area contributed by atoms with Crippen molar-refractivity contribution in [3.63, 3.8) is 0 Å². The molecule has 2 aromatic carbocycles. The molecule has 0 bridgehead atoms. The zero-order chi connectivity index (χ0) is 14.4. The molecule has 0 saturated carbocycles. The van der Waals surface area contributed by atoms with Crippen LogP contribution in [0.2, 0.25) is 0 Å². The third kappa shape index (κ3) is 3.61. The molecule has 0 spiro atoms. The number of ether oxygens (including phenoxy) is 1. The topological polar surface area (TPSA) is 21.3 Å². The molecule has 0 radical (unpaired) electrons. The molecule has 0 aliphatic carbocycles. The molecule has 0 aromatic heterocycles. The van der Waals surface area contributed by atoms with Gasteiger partial charge in [-0.1, -0.05) is 48.0 Å². The van der Waals surface area contributed by atoms with E-state index in [-0.39, 0.29) is 6.04 Å². The second kappa shape index (κ2) is 7.11. The molecular weight excluding hydrogens is 246 g/mol. The molecule has 0 heterocycles. The van der Waals surface area contributed by atoms with E-state index < -0.39 is 0 Å². The molecule has 2 aromatic rings. The van der Waals surface area contributed by atoms with E-state index in [2.05, 4.69) is 60.8 Å². The van der Waals surface area contributed by atoms with E-state index in [0.29, 0.717) is 6.61 Å². The Balaban J connectivity index is 2.28. The maximum absolute atomic E-state index is 5.77. The smallest absolute Gasteiger partial charge is 0.124 e. The van der Waals surface area contributed by atoms with Gasteiger partial charge in [-0.25, -0.2) is 0 Å². The van der Waals surface area contributed by atoms with Crippen LogP contribution in [0.4, 0.5) is 0 Å². The summed E-state index contributed by atoms with van der Waals surface area (Å²) in [6.07, 6.45) is 0.959. The van der Waals surface area contributed by atoms with Gasteiger partial charge in [-0.2, -0.15) is 0 Å². The second-order valence-electron chi connectivity index (χ2n) is 5.01. The van der Waals surface area contributed by atoms with Crippen LogP contribution in [0.3, 0.4) is 0 Å². The zero-order valence-electron chi connectivity index (χ0n) is 12.5. The maximum atomic E-state index is 5.77. The summed E-state index contributed by atoms with van der Waals surface area (Å²) in [5, 5.41) is 3.41. The highest BCUT2D eigenvalue weighted by atomic mass is 16.5. The Bertz CT molecular complexity index is 536. The van der Waals surface area contributed by atoms with Crippen LogP contribution in [-0.4, -0.2) is 13.7 Å². The van der Waals surface area contributed by atoms with Crippen molar-refractivity contribution < 1.29 is 4.74 Å². The van der Waals surface area contributed by atoms with Crippen LogP contribution in [0, 0.1) is 6.92 Å². The number of rotatable bonds is 6. The van der Waals surface area contributed by atoms with Gasteiger partial charge in [0, 0.05) is 11.6 Å². The summed E-state index contributed by atoms with van der Waals surface area (Å²) < 4.78 is 5.77. The minimum absolute atomic E-state index is 0.263. The number of nitrogens with one attached hydrogen (secondary N) is 1. The summed E-state index contributed by atoms with van der Waals surface area (Å²) in [5.41, 5.74) is 3.82. The second-order valence-corrected chi connectivity index (χ2v) is 5.01. The van der Waals surface area contributed by atoms with Gasteiger partial charge in [-0.3, -0.25) is 0 Å². The lowest BCUT2D eigenvalue weighted by molar-refractivity contribution is 0.332. The number of likely N-dealkylation sites (N-methyl/N-ethyl adjacent to an activating group) is 1. The molecular formula is C18H23NO. The quantitative estimate of drug-likeness (QED) is 0.859. The van der Waals surface area contributed by atoms with E-state index in [4.69, 9.17) is 4.74 Å². The van der Waals surface area contributed by atoms with Gasteiger partial charge in [0.15, 0.2) is 0 Å². The Labute approximate surface area is 121 Å². The molecule has 0 fully saturated rings. The molecule has 0 aliphatic heterocycles. The highest BCUT2D eigenvalue weighted by molar-refractivity contribution is 5.40. The Kier molecular flexibility index (Phi) is 5.19. The minimum Gasteiger partial charge on any atom is -0.494 e. The van der Waals surface area contributed by atoms with Crippen molar-refractivity contribution >= 4 is 0 Å². The fourth-order valence-electron chi connectivity index (χ4n) is 2.44. The molecule has 2 nitrogen and oxygen atoms in total. The molecule has 20 heavy (non-hydrogen) atoms. The molecule has 1 N–H and O–H groups in total. The van der Waals surface area contributed by atoms with E-state index in [1.807, 2.05) is 14.0 Å². The van der Waals surface area contributed by atoms with Gasteiger partial charge < -0.3 is 10.1 Å². The molecule has 1 unspecified atom stereocenters. The number of hydrogen-bond donors (Lipinski definition) is 1. The Morgan fingerprint density at radius 3 is 2.50 bits per heavy atom. The molecule has 0 aliphatic rings. The van der Waals surface area contributed by atoms with Crippen molar-refractivity contribution in [3.8, 4) is 5.75 Å². The molecule has 106 valence electrons. The van der Waals surface area contributed by atoms with Crippen molar-refractivity contribution in [3.05, 3.63) is 65.2 Å². The third-order valence-corrected chi connectivity index (χ3v) is 3.47. The predicted octanol–water partition coefficient (Wildman–Crippen LogP) is 3.90. The van der Waals surface area contributed by atoms with Crippen LogP contribution >= 0.6 is 0 Å². The van der Waals surface area contributed by atoms with Crippen molar-refractivity contribution in [1.29, 1.82) is 0 Å². The minimum atomic E-state index is 0.263. The SMILES string of the molecule is CCOc1ccc(C)cc1C(Cc1ccccc1)NC. The van der Waals surface area contributed by atoms with Gasteiger partial charge in [0.2, 0.25) is 0 Å². The third-order valence-electron chi connectivity index (χ3n) is 3.47. The standard InChI is InChI=1S/C18H23NO/c1-4-20-18-11-10-14(2)12-16(18)17(19-3)13-15-8-6-5-7-9-15/h5-12,17,19H,4,13H2,1-3H3. The summed E-state index contributed by atoms with van der Waals surface area (Å²) in [7, 11) is 2.01. The molecule has 2 rings (SSSR count). The van der Waals surface area contributed by atoms with E-state index >= 15 is 0 Å². The zero-order valence-corrected chi connectivity index (χ0v) is 12.5. The van der Waals surface area contributed by atoms with Crippen molar-refractivity contribution in [2.24, 2.45) is 0 Å². The van der Waals surface area contributed by atoms with Crippen LogP contribution < -0.4 is 10.1 Å². The van der Waals surface area contributed by atoms with E-state index in [1.165, 1.54) is 16.7 Å². The fraction of sp³-hybridized carbons (Fsp3) is 0.333. The van der Waals surface area contributed by atoms with E-state index in [1.54, 1.807) is 0 Å². The van der Waals surface area contributed by atoms with Crippen LogP contribution in [0.1, 0.15) is 29.7 Å². The average Bonchev–Trinajstić information content (AvgIpc) is 2.48. The summed E-state index contributed by atoms with van der Waals surface area (Å²) in [6, 6.07) is 17.2. The first kappa shape index (κ1) is 14.6. The number of benzene rings is 2. The van der Waals surface area contributed by atoms with Gasteiger partial charge in [0.1, 0.15) is 5.75 Å². The summed E-state index contributed by atoms with van der Waals surface area (Å²) in [4.78, 5) is 0. The Hall–Kier alpha value is -1.80. The van der Waals surface area contributed by atoms with Gasteiger partial charge in [-0.15, -0.1) is 0 Å². The first-order chi connectivity index (χ1) is 9.74.